The van der Waals surface area contributed by atoms with E-state index in [4.69, 9.17) is 4.74 Å². The summed E-state index contributed by atoms with van der Waals surface area (Å²) in [6.45, 7) is 3.85. The maximum absolute atomic E-state index is 11.7. The Morgan fingerprint density at radius 3 is 2.71 bits per heavy atom. The van der Waals surface area contributed by atoms with Crippen LogP contribution in [0.4, 0.5) is 0 Å². The smallest absolute Gasteiger partial charge is 0.277 e. The monoisotopic (exact) mass is 386 g/mol. The molecule has 0 aliphatic rings. The van der Waals surface area contributed by atoms with E-state index in [-0.39, 0.29) is 12.5 Å². The van der Waals surface area contributed by atoms with E-state index < -0.39 is 0 Å². The highest BCUT2D eigenvalue weighted by Crippen LogP contribution is 2.29. The van der Waals surface area contributed by atoms with E-state index in [1.165, 1.54) is 6.21 Å². The molecule has 0 spiro atoms. The fourth-order valence-electron chi connectivity index (χ4n) is 2.13. The van der Waals surface area contributed by atoms with Gasteiger partial charge in [-0.15, -0.1) is 0 Å². The summed E-state index contributed by atoms with van der Waals surface area (Å²) in [7, 11) is 0. The number of aryl methyl sites for hydroxylation is 2. The van der Waals surface area contributed by atoms with Gasteiger partial charge in [0.25, 0.3) is 5.91 Å². The third-order valence-corrected chi connectivity index (χ3v) is 3.75. The molecule has 0 bridgehead atoms. The lowest BCUT2D eigenvalue weighted by Gasteiger charge is -2.11. The van der Waals surface area contributed by atoms with Crippen LogP contribution in [0.5, 0.6) is 5.75 Å². The second-order valence-electron chi connectivity index (χ2n) is 5.26. The molecule has 0 saturated carbocycles. The maximum Gasteiger partial charge on any atom is 0.277 e. The lowest BCUT2D eigenvalue weighted by molar-refractivity contribution is -0.123. The van der Waals surface area contributed by atoms with Crippen molar-refractivity contribution in [3.05, 3.63) is 69.7 Å². The molecule has 0 atom stereocenters. The molecular weight excluding hydrogens is 368 g/mol. The highest BCUT2D eigenvalue weighted by molar-refractivity contribution is 9.10. The van der Waals surface area contributed by atoms with Gasteiger partial charge in [0.15, 0.2) is 6.61 Å². The molecule has 4 nitrogen and oxygen atoms in total. The molecule has 2 aromatic rings. The Kier molecular flexibility index (Phi) is 6.75. The minimum atomic E-state index is -0.314. The van der Waals surface area contributed by atoms with Crippen molar-refractivity contribution in [2.75, 3.05) is 6.61 Å². The summed E-state index contributed by atoms with van der Waals surface area (Å²) >= 11 is 3.45. The molecule has 1 N–H and O–H groups in total. The van der Waals surface area contributed by atoms with Crippen molar-refractivity contribution in [1.82, 2.24) is 5.43 Å². The molecule has 2 rings (SSSR count). The average Bonchev–Trinajstić information content (AvgIpc) is 2.54. The van der Waals surface area contributed by atoms with Crippen molar-refractivity contribution in [3.63, 3.8) is 0 Å². The van der Waals surface area contributed by atoms with Crippen molar-refractivity contribution in [2.45, 2.75) is 13.8 Å². The quantitative estimate of drug-likeness (QED) is 0.595. The molecule has 0 heterocycles. The predicted molar refractivity (Wildman–Crippen MR) is 101 cm³/mol. The Balaban J connectivity index is 1.80. The molecule has 0 aromatic heterocycles. The first-order valence-electron chi connectivity index (χ1n) is 7.49. The molecule has 5 heteroatoms. The van der Waals surface area contributed by atoms with Crippen molar-refractivity contribution < 1.29 is 9.53 Å². The van der Waals surface area contributed by atoms with Gasteiger partial charge >= 0.3 is 0 Å². The number of rotatable bonds is 6. The normalized spacial score (nSPS) is 11.1. The summed E-state index contributed by atoms with van der Waals surface area (Å²) in [6.07, 6.45) is 5.19. The number of halogens is 1. The van der Waals surface area contributed by atoms with Gasteiger partial charge in [0.05, 0.1) is 4.47 Å². The minimum absolute atomic E-state index is 0.0950. The van der Waals surface area contributed by atoms with Crippen molar-refractivity contribution in [2.24, 2.45) is 5.10 Å². The average molecular weight is 387 g/mol. The van der Waals surface area contributed by atoms with Gasteiger partial charge in [-0.1, -0.05) is 42.5 Å². The first-order chi connectivity index (χ1) is 11.6. The van der Waals surface area contributed by atoms with Crippen LogP contribution in [-0.4, -0.2) is 18.7 Å². The molecule has 2 aromatic carbocycles. The van der Waals surface area contributed by atoms with Crippen LogP contribution in [0, 0.1) is 13.8 Å². The van der Waals surface area contributed by atoms with Gasteiger partial charge in [-0.25, -0.2) is 5.43 Å². The molecule has 24 heavy (non-hydrogen) atoms. The Labute approximate surface area is 150 Å². The minimum Gasteiger partial charge on any atom is -0.482 e. The van der Waals surface area contributed by atoms with Crippen LogP contribution in [0.3, 0.4) is 0 Å². The highest BCUT2D eigenvalue weighted by Gasteiger charge is 2.08. The maximum atomic E-state index is 11.7. The zero-order chi connectivity index (χ0) is 17.4. The van der Waals surface area contributed by atoms with Crippen LogP contribution in [0.25, 0.3) is 6.08 Å². The Hall–Kier alpha value is -2.40. The fourth-order valence-corrected chi connectivity index (χ4v) is 2.91. The molecule has 124 valence electrons. The number of hydrazone groups is 1. The van der Waals surface area contributed by atoms with E-state index in [9.17, 15) is 4.79 Å². The highest BCUT2D eigenvalue weighted by atomic mass is 79.9. The zero-order valence-corrected chi connectivity index (χ0v) is 15.2. The van der Waals surface area contributed by atoms with Gasteiger partial charge in [0.1, 0.15) is 5.75 Å². The fraction of sp³-hybridized carbons (Fsp3) is 0.158. The third-order valence-electron chi connectivity index (χ3n) is 3.16. The van der Waals surface area contributed by atoms with E-state index in [1.807, 2.05) is 62.4 Å². The summed E-state index contributed by atoms with van der Waals surface area (Å²) < 4.78 is 6.40. The SMILES string of the molecule is Cc1cc(C)c(OCC(=O)N/N=C\C=C\c2ccccc2)c(Br)c1. The molecule has 0 radical (unpaired) electrons. The second-order valence-corrected chi connectivity index (χ2v) is 6.12. The molecule has 0 fully saturated rings. The second kappa shape index (κ2) is 9.03. The van der Waals surface area contributed by atoms with E-state index in [0.29, 0.717) is 5.75 Å². The first-order valence-corrected chi connectivity index (χ1v) is 8.28. The number of allylic oxidation sites excluding steroid dienone is 1. The van der Waals surface area contributed by atoms with Crippen molar-refractivity contribution >= 4 is 34.1 Å². The van der Waals surface area contributed by atoms with Crippen LogP contribution >= 0.6 is 15.9 Å². The third kappa shape index (κ3) is 5.66. The molecule has 0 aliphatic carbocycles. The summed E-state index contributed by atoms with van der Waals surface area (Å²) in [4.78, 5) is 11.7. The number of carbonyl (C=O) groups excluding carboxylic acids is 1. The number of nitrogens with one attached hydrogen (secondary N) is 1. The van der Waals surface area contributed by atoms with E-state index in [0.717, 1.165) is 21.2 Å². The zero-order valence-electron chi connectivity index (χ0n) is 13.6. The van der Waals surface area contributed by atoms with Crippen LogP contribution in [0.1, 0.15) is 16.7 Å². The number of carbonyl (C=O) groups is 1. The Morgan fingerprint density at radius 1 is 1.25 bits per heavy atom. The molecule has 0 saturated heterocycles. The van der Waals surface area contributed by atoms with Crippen LogP contribution in [0.2, 0.25) is 0 Å². The summed E-state index contributed by atoms with van der Waals surface area (Å²) in [5, 5.41) is 3.85. The van der Waals surface area contributed by atoms with Gasteiger partial charge in [-0.2, -0.15) is 5.10 Å². The van der Waals surface area contributed by atoms with Crippen molar-refractivity contribution in [1.29, 1.82) is 0 Å². The van der Waals surface area contributed by atoms with Gasteiger partial charge in [0, 0.05) is 6.21 Å². The number of amides is 1. The van der Waals surface area contributed by atoms with E-state index in [2.05, 4.69) is 26.5 Å². The first kappa shape index (κ1) is 17.9. The van der Waals surface area contributed by atoms with Crippen molar-refractivity contribution in [3.8, 4) is 5.75 Å². The Morgan fingerprint density at radius 2 is 2.00 bits per heavy atom. The van der Waals surface area contributed by atoms with Crippen LogP contribution in [-0.2, 0) is 4.79 Å². The van der Waals surface area contributed by atoms with Gasteiger partial charge in [-0.3, -0.25) is 4.79 Å². The lowest BCUT2D eigenvalue weighted by Crippen LogP contribution is -2.24. The largest absolute Gasteiger partial charge is 0.482 e. The van der Waals surface area contributed by atoms with E-state index >= 15 is 0 Å². The lowest BCUT2D eigenvalue weighted by atomic mass is 10.1. The van der Waals surface area contributed by atoms with Gasteiger partial charge in [0.2, 0.25) is 0 Å². The summed E-state index contributed by atoms with van der Waals surface area (Å²) in [5.41, 5.74) is 5.60. The summed E-state index contributed by atoms with van der Waals surface area (Å²) in [6, 6.07) is 13.8. The number of ether oxygens (including phenoxy) is 1. The van der Waals surface area contributed by atoms with Crippen LogP contribution < -0.4 is 10.2 Å². The van der Waals surface area contributed by atoms with E-state index in [1.54, 1.807) is 6.08 Å². The number of hydrogen-bond acceptors (Lipinski definition) is 3. The standard InChI is InChI=1S/C19H19BrN2O2/c1-14-11-15(2)19(17(20)12-14)24-13-18(23)22-21-10-6-9-16-7-4-3-5-8-16/h3-12H,13H2,1-2H3,(H,22,23)/b9-6+,21-10-. The Bertz CT molecular complexity index is 732. The number of benzene rings is 2. The number of hydrogen-bond donors (Lipinski definition) is 1. The molecular formula is C19H19BrN2O2. The summed E-state index contributed by atoms with van der Waals surface area (Å²) in [5.74, 6) is 0.356. The predicted octanol–water partition coefficient (Wildman–Crippen LogP) is 4.26. The number of nitrogens with zero attached hydrogens (tertiary/aromatic N) is 1. The van der Waals surface area contributed by atoms with Gasteiger partial charge in [-0.05, 0) is 58.6 Å². The topological polar surface area (TPSA) is 50.7 Å². The molecule has 1 amide bonds. The molecule has 0 aliphatic heterocycles. The van der Waals surface area contributed by atoms with Gasteiger partial charge < -0.3 is 4.74 Å². The molecule has 0 unspecified atom stereocenters. The van der Waals surface area contributed by atoms with Crippen LogP contribution in [0.15, 0.2) is 58.1 Å².